The predicted molar refractivity (Wildman–Crippen MR) is 186 cm³/mol. The zero-order valence-corrected chi connectivity index (χ0v) is 28.8. The maximum atomic E-state index is 11.6. The highest BCUT2D eigenvalue weighted by molar-refractivity contribution is 6.88. The number of imidazole rings is 1. The lowest BCUT2D eigenvalue weighted by Gasteiger charge is -2.23. The van der Waals surface area contributed by atoms with Gasteiger partial charge in [-0.05, 0) is 75.9 Å². The second-order valence-electron chi connectivity index (χ2n) is 14.7. The normalized spacial score (nSPS) is 12.6. The van der Waals surface area contributed by atoms with E-state index in [1.54, 1.807) is 0 Å². The summed E-state index contributed by atoms with van der Waals surface area (Å²) in [4.78, 5) is 10.0. The molecule has 0 saturated carbocycles. The van der Waals surface area contributed by atoms with E-state index < -0.39 is 8.07 Å². The van der Waals surface area contributed by atoms with Gasteiger partial charge in [0.25, 0.3) is 0 Å². The Bertz CT molecular complexity index is 1800. The molecule has 0 aliphatic heterocycles. The molecule has 0 aliphatic carbocycles. The molecular formula is C38H47N3OSi. The van der Waals surface area contributed by atoms with E-state index >= 15 is 0 Å². The zero-order valence-electron chi connectivity index (χ0n) is 27.8. The van der Waals surface area contributed by atoms with Crippen LogP contribution in [0.3, 0.4) is 0 Å². The predicted octanol–water partition coefficient (Wildman–Crippen LogP) is 9.76. The molecule has 5 rings (SSSR count). The van der Waals surface area contributed by atoms with E-state index in [9.17, 15) is 5.11 Å². The largest absolute Gasteiger partial charge is 0.507 e. The van der Waals surface area contributed by atoms with Crippen molar-refractivity contribution in [2.45, 2.75) is 85.4 Å². The molecule has 0 amide bonds. The van der Waals surface area contributed by atoms with Crippen molar-refractivity contribution in [3.05, 3.63) is 83.6 Å². The third-order valence-corrected chi connectivity index (χ3v) is 10.6. The SMILES string of the molecule is CC(C)c1cc(-c2nc3c(-c4cc(-c5ccccn5)cc(C(C)(C)C)c4)cc([Si](C)(C)C)cc3n2C)c(O)c(C(C)C)c1. The maximum Gasteiger partial charge on any atom is 0.144 e. The number of pyridine rings is 1. The van der Waals surface area contributed by atoms with Gasteiger partial charge in [-0.2, -0.15) is 0 Å². The number of hydrogen-bond acceptors (Lipinski definition) is 3. The summed E-state index contributed by atoms with van der Waals surface area (Å²) in [6.45, 7) is 22.7. The van der Waals surface area contributed by atoms with E-state index in [0.717, 1.165) is 50.4 Å². The van der Waals surface area contributed by atoms with Crippen molar-refractivity contribution in [2.24, 2.45) is 7.05 Å². The first-order valence-corrected chi connectivity index (χ1v) is 19.0. The monoisotopic (exact) mass is 589 g/mol. The molecule has 3 aromatic carbocycles. The van der Waals surface area contributed by atoms with Gasteiger partial charge >= 0.3 is 0 Å². The number of nitrogens with zero attached hydrogens (tertiary/aromatic N) is 3. The molecule has 0 radical (unpaired) electrons. The minimum absolute atomic E-state index is 0.0410. The fourth-order valence-corrected chi connectivity index (χ4v) is 6.85. The van der Waals surface area contributed by atoms with Gasteiger partial charge in [0.1, 0.15) is 11.6 Å². The van der Waals surface area contributed by atoms with Crippen LogP contribution in [0.2, 0.25) is 19.6 Å². The quantitative estimate of drug-likeness (QED) is 0.201. The Kier molecular flexibility index (Phi) is 7.93. The molecule has 43 heavy (non-hydrogen) atoms. The number of aromatic nitrogens is 3. The van der Waals surface area contributed by atoms with Crippen LogP contribution < -0.4 is 5.19 Å². The topological polar surface area (TPSA) is 50.9 Å². The smallest absolute Gasteiger partial charge is 0.144 e. The van der Waals surface area contributed by atoms with Crippen molar-refractivity contribution < 1.29 is 5.11 Å². The Hall–Kier alpha value is -3.70. The molecule has 224 valence electrons. The minimum Gasteiger partial charge on any atom is -0.507 e. The number of rotatable bonds is 6. The Morgan fingerprint density at radius 3 is 2.09 bits per heavy atom. The molecule has 0 unspecified atom stereocenters. The Morgan fingerprint density at radius 2 is 1.51 bits per heavy atom. The van der Waals surface area contributed by atoms with E-state index in [1.165, 1.54) is 16.3 Å². The molecule has 2 heterocycles. The molecule has 0 saturated heterocycles. The zero-order chi connectivity index (χ0) is 31.4. The van der Waals surface area contributed by atoms with E-state index in [0.29, 0.717) is 11.7 Å². The standard InChI is InChI=1S/C38H47N3OSi/c1-23(2)25-19-30(24(3)4)36(42)32(20-25)37-40-35-31(21-29(43(9,10)11)22-34(35)41(37)8)26-16-27(33-14-12-13-15-39-33)18-28(17-26)38(5,6)7/h12-24,42H,1-11H3. The lowest BCUT2D eigenvalue weighted by Crippen LogP contribution is -2.37. The average Bonchev–Trinajstić information content (AvgIpc) is 3.27. The van der Waals surface area contributed by atoms with E-state index in [1.807, 2.05) is 18.3 Å². The van der Waals surface area contributed by atoms with Crippen LogP contribution in [-0.4, -0.2) is 27.7 Å². The Balaban J connectivity index is 1.86. The van der Waals surface area contributed by atoms with Gasteiger partial charge in [-0.3, -0.25) is 4.98 Å². The van der Waals surface area contributed by atoms with Crippen molar-refractivity contribution in [2.75, 3.05) is 0 Å². The van der Waals surface area contributed by atoms with E-state index in [2.05, 4.69) is 128 Å². The first-order chi connectivity index (χ1) is 20.1. The number of benzene rings is 3. The Labute approximate surface area is 258 Å². The molecule has 0 spiro atoms. The van der Waals surface area contributed by atoms with Crippen molar-refractivity contribution in [1.82, 2.24) is 14.5 Å². The molecular weight excluding hydrogens is 543 g/mol. The van der Waals surface area contributed by atoms with Gasteiger partial charge < -0.3 is 9.67 Å². The highest BCUT2D eigenvalue weighted by Gasteiger charge is 2.26. The minimum atomic E-state index is -1.70. The molecule has 5 aromatic rings. The van der Waals surface area contributed by atoms with E-state index in [-0.39, 0.29) is 11.3 Å². The molecule has 0 aliphatic rings. The van der Waals surface area contributed by atoms with Gasteiger partial charge in [-0.1, -0.05) is 97.6 Å². The summed E-state index contributed by atoms with van der Waals surface area (Å²) in [6.07, 6.45) is 1.86. The van der Waals surface area contributed by atoms with Crippen molar-refractivity contribution in [1.29, 1.82) is 0 Å². The van der Waals surface area contributed by atoms with Gasteiger partial charge in [-0.25, -0.2) is 4.98 Å². The second-order valence-corrected chi connectivity index (χ2v) is 19.8. The van der Waals surface area contributed by atoms with Crippen LogP contribution in [0.4, 0.5) is 0 Å². The molecule has 0 atom stereocenters. The van der Waals surface area contributed by atoms with Crippen LogP contribution in [0, 0.1) is 0 Å². The van der Waals surface area contributed by atoms with Crippen molar-refractivity contribution >= 4 is 24.3 Å². The van der Waals surface area contributed by atoms with Gasteiger partial charge in [0, 0.05) is 24.4 Å². The molecule has 2 aromatic heterocycles. The summed E-state index contributed by atoms with van der Waals surface area (Å²) in [5.74, 6) is 1.66. The third kappa shape index (κ3) is 5.92. The van der Waals surface area contributed by atoms with Crippen LogP contribution >= 0.6 is 0 Å². The summed E-state index contributed by atoms with van der Waals surface area (Å²) >= 11 is 0. The summed E-state index contributed by atoms with van der Waals surface area (Å²) < 4.78 is 2.18. The summed E-state index contributed by atoms with van der Waals surface area (Å²) in [7, 11) is 0.390. The summed E-state index contributed by atoms with van der Waals surface area (Å²) in [6, 6.07) is 22.0. The maximum absolute atomic E-state index is 11.6. The van der Waals surface area contributed by atoms with Gasteiger partial charge in [0.05, 0.1) is 30.4 Å². The van der Waals surface area contributed by atoms with Crippen LogP contribution in [0.25, 0.3) is 44.8 Å². The second kappa shape index (κ2) is 11.1. The van der Waals surface area contributed by atoms with E-state index in [4.69, 9.17) is 9.97 Å². The number of phenolic OH excluding ortho intramolecular Hbond substituents is 1. The molecule has 0 bridgehead atoms. The number of fused-ring (bicyclic) bond motifs is 1. The van der Waals surface area contributed by atoms with Crippen molar-refractivity contribution in [3.63, 3.8) is 0 Å². The van der Waals surface area contributed by atoms with Crippen molar-refractivity contribution in [3.8, 4) is 39.5 Å². The molecule has 0 fully saturated rings. The third-order valence-electron chi connectivity index (χ3n) is 8.61. The van der Waals surface area contributed by atoms with Crippen LogP contribution in [0.5, 0.6) is 5.75 Å². The number of aryl methyl sites for hydroxylation is 1. The Morgan fingerprint density at radius 1 is 0.814 bits per heavy atom. The molecule has 1 N–H and O–H groups in total. The van der Waals surface area contributed by atoms with Crippen LogP contribution in [0.15, 0.2) is 66.9 Å². The number of hydrogen-bond donors (Lipinski definition) is 1. The fourth-order valence-electron chi connectivity index (χ4n) is 5.70. The van der Waals surface area contributed by atoms with Crippen LogP contribution in [-0.2, 0) is 12.5 Å². The molecule has 5 heteroatoms. The summed E-state index contributed by atoms with van der Waals surface area (Å²) in [5.41, 5.74) is 10.6. The van der Waals surface area contributed by atoms with Crippen LogP contribution in [0.1, 0.15) is 77.0 Å². The highest BCUT2D eigenvalue weighted by Crippen LogP contribution is 2.41. The van der Waals surface area contributed by atoms with Gasteiger partial charge in [-0.15, -0.1) is 0 Å². The average molecular weight is 590 g/mol. The highest BCUT2D eigenvalue weighted by atomic mass is 28.3. The van der Waals surface area contributed by atoms with Gasteiger partial charge in [0.15, 0.2) is 0 Å². The number of aromatic hydroxyl groups is 1. The summed E-state index contributed by atoms with van der Waals surface area (Å²) in [5, 5.41) is 13.0. The van der Waals surface area contributed by atoms with Gasteiger partial charge in [0.2, 0.25) is 0 Å². The lowest BCUT2D eigenvalue weighted by atomic mass is 9.83. The number of phenols is 1. The lowest BCUT2D eigenvalue weighted by molar-refractivity contribution is 0.465. The first-order valence-electron chi connectivity index (χ1n) is 15.5. The molecule has 4 nitrogen and oxygen atoms in total. The fraction of sp³-hybridized carbons (Fsp3) is 0.368. The first kappa shape index (κ1) is 30.7.